The molecule has 0 heterocycles. The molecule has 2 amide bonds. The molecule has 0 aliphatic heterocycles. The van der Waals surface area contributed by atoms with E-state index in [1.54, 1.807) is 66.7 Å². The Morgan fingerprint density at radius 3 is 2.04 bits per heavy atom. The van der Waals surface area contributed by atoms with Crippen molar-refractivity contribution in [3.63, 3.8) is 0 Å². The Balaban J connectivity index is 1.85. The molecule has 10 heteroatoms. The number of ether oxygens (including phenoxy) is 1. The van der Waals surface area contributed by atoms with Crippen molar-refractivity contribution in [2.24, 2.45) is 0 Å². The fraction of sp³-hybridized carbons (Fsp3) is 0.257. The molecule has 1 N–H and O–H groups in total. The minimum absolute atomic E-state index is 0.00710. The molecule has 0 fully saturated rings. The van der Waals surface area contributed by atoms with Crippen LogP contribution in [-0.4, -0.2) is 50.4 Å². The van der Waals surface area contributed by atoms with Gasteiger partial charge in [-0.2, -0.15) is 0 Å². The second kappa shape index (κ2) is 14.6. The number of nitrogens with one attached hydrogen (secondary N) is 1. The number of anilines is 1. The third kappa shape index (κ3) is 8.65. The molecule has 0 unspecified atom stereocenters. The number of sulfonamides is 1. The molecular weight excluding hydrogens is 610 g/mol. The van der Waals surface area contributed by atoms with E-state index in [-0.39, 0.29) is 35.2 Å². The molecule has 0 aromatic heterocycles. The first-order chi connectivity index (χ1) is 21.4. The maximum absolute atomic E-state index is 14.6. The van der Waals surface area contributed by atoms with Crippen LogP contribution in [0.2, 0.25) is 5.02 Å². The first-order valence-corrected chi connectivity index (χ1v) is 16.3. The lowest BCUT2D eigenvalue weighted by Gasteiger charge is -2.35. The Hall–Kier alpha value is -4.34. The lowest BCUT2D eigenvalue weighted by atomic mass is 10.0. The van der Waals surface area contributed by atoms with E-state index in [1.165, 1.54) is 24.1 Å². The topological polar surface area (TPSA) is 96.0 Å². The van der Waals surface area contributed by atoms with Crippen LogP contribution in [0.3, 0.4) is 0 Å². The normalized spacial score (nSPS) is 12.2. The third-order valence-electron chi connectivity index (χ3n) is 7.03. The largest absolute Gasteiger partial charge is 0.495 e. The number of carbonyl (C=O) groups is 2. The Morgan fingerprint density at radius 2 is 1.42 bits per heavy atom. The SMILES string of the molecule is COc1ccccc1N(CC(=O)N(Cc1ccccc1Cl)[C@@H](Cc1ccccc1)C(=O)NC(C)(C)C)S(=O)(=O)c1ccccc1. The van der Waals surface area contributed by atoms with Crippen LogP contribution in [0.4, 0.5) is 5.69 Å². The van der Waals surface area contributed by atoms with Gasteiger partial charge >= 0.3 is 0 Å². The molecule has 0 aliphatic carbocycles. The molecule has 0 radical (unpaired) electrons. The summed E-state index contributed by atoms with van der Waals surface area (Å²) in [6.45, 7) is 4.95. The molecule has 0 saturated carbocycles. The van der Waals surface area contributed by atoms with Crippen molar-refractivity contribution in [3.05, 3.63) is 125 Å². The highest BCUT2D eigenvalue weighted by Crippen LogP contribution is 2.33. The summed E-state index contributed by atoms with van der Waals surface area (Å²) >= 11 is 6.56. The van der Waals surface area contributed by atoms with Crippen molar-refractivity contribution in [2.45, 2.75) is 50.2 Å². The summed E-state index contributed by atoms with van der Waals surface area (Å²) < 4.78 is 34.9. The molecule has 45 heavy (non-hydrogen) atoms. The zero-order valence-corrected chi connectivity index (χ0v) is 27.4. The Labute approximate surface area is 270 Å². The van der Waals surface area contributed by atoms with Gasteiger partial charge in [0.05, 0.1) is 17.7 Å². The van der Waals surface area contributed by atoms with Crippen molar-refractivity contribution in [1.29, 1.82) is 0 Å². The van der Waals surface area contributed by atoms with Gasteiger partial charge in [0.2, 0.25) is 11.8 Å². The van der Waals surface area contributed by atoms with Gasteiger partial charge in [-0.05, 0) is 62.2 Å². The van der Waals surface area contributed by atoms with Crippen LogP contribution in [0.5, 0.6) is 5.75 Å². The predicted molar refractivity (Wildman–Crippen MR) is 178 cm³/mol. The quantitative estimate of drug-likeness (QED) is 0.201. The molecule has 4 aromatic rings. The van der Waals surface area contributed by atoms with E-state index >= 15 is 0 Å². The molecule has 236 valence electrons. The second-order valence-electron chi connectivity index (χ2n) is 11.6. The van der Waals surface area contributed by atoms with Crippen LogP contribution >= 0.6 is 11.6 Å². The average Bonchev–Trinajstić information content (AvgIpc) is 3.02. The lowest BCUT2D eigenvalue weighted by Crippen LogP contribution is -2.56. The first kappa shape index (κ1) is 33.6. The van der Waals surface area contributed by atoms with E-state index in [0.29, 0.717) is 10.6 Å². The molecule has 0 spiro atoms. The van der Waals surface area contributed by atoms with Gasteiger partial charge in [0.25, 0.3) is 10.0 Å². The maximum Gasteiger partial charge on any atom is 0.264 e. The highest BCUT2D eigenvalue weighted by molar-refractivity contribution is 7.92. The van der Waals surface area contributed by atoms with Crippen LogP contribution in [0.1, 0.15) is 31.9 Å². The third-order valence-corrected chi connectivity index (χ3v) is 9.17. The Morgan fingerprint density at radius 1 is 0.844 bits per heavy atom. The summed E-state index contributed by atoms with van der Waals surface area (Å²) in [4.78, 5) is 30.0. The predicted octanol–water partition coefficient (Wildman–Crippen LogP) is 6.10. The van der Waals surface area contributed by atoms with E-state index in [0.717, 1.165) is 9.87 Å². The Kier molecular flexibility index (Phi) is 10.9. The zero-order chi connectivity index (χ0) is 32.6. The van der Waals surface area contributed by atoms with Crippen molar-refractivity contribution in [1.82, 2.24) is 10.2 Å². The van der Waals surface area contributed by atoms with Crippen LogP contribution < -0.4 is 14.4 Å². The number of carbonyl (C=O) groups excluding carboxylic acids is 2. The maximum atomic E-state index is 14.6. The molecule has 0 aliphatic rings. The average molecular weight is 648 g/mol. The van der Waals surface area contributed by atoms with Crippen molar-refractivity contribution < 1.29 is 22.7 Å². The smallest absolute Gasteiger partial charge is 0.264 e. The minimum Gasteiger partial charge on any atom is -0.495 e. The molecule has 0 bridgehead atoms. The number of nitrogens with zero attached hydrogens (tertiary/aromatic N) is 2. The summed E-state index contributed by atoms with van der Waals surface area (Å²) in [6, 6.07) is 29.9. The van der Waals surface area contributed by atoms with E-state index in [4.69, 9.17) is 16.3 Å². The number of halogens is 1. The fourth-order valence-corrected chi connectivity index (χ4v) is 6.53. The second-order valence-corrected chi connectivity index (χ2v) is 13.8. The summed E-state index contributed by atoms with van der Waals surface area (Å²) in [7, 11) is -2.82. The van der Waals surface area contributed by atoms with E-state index < -0.39 is 34.1 Å². The van der Waals surface area contributed by atoms with Gasteiger partial charge in [-0.1, -0.05) is 90.5 Å². The van der Waals surface area contributed by atoms with Crippen molar-refractivity contribution >= 4 is 39.1 Å². The molecule has 1 atom stereocenters. The van der Waals surface area contributed by atoms with Crippen molar-refractivity contribution in [2.75, 3.05) is 18.0 Å². The van der Waals surface area contributed by atoms with Gasteiger partial charge < -0.3 is 15.0 Å². The van der Waals surface area contributed by atoms with Gasteiger partial charge in [0, 0.05) is 23.5 Å². The highest BCUT2D eigenvalue weighted by Gasteiger charge is 2.36. The van der Waals surface area contributed by atoms with Crippen molar-refractivity contribution in [3.8, 4) is 5.75 Å². The van der Waals surface area contributed by atoms with Gasteiger partial charge in [0.15, 0.2) is 0 Å². The van der Waals surface area contributed by atoms with Gasteiger partial charge in [-0.15, -0.1) is 0 Å². The minimum atomic E-state index is -4.25. The number of methoxy groups -OCH3 is 1. The highest BCUT2D eigenvalue weighted by atomic mass is 35.5. The summed E-state index contributed by atoms with van der Waals surface area (Å²) in [5, 5.41) is 3.44. The molecule has 4 rings (SSSR count). The number of rotatable bonds is 12. The number of para-hydroxylation sites is 2. The summed E-state index contributed by atoms with van der Waals surface area (Å²) in [5.74, 6) is -0.694. The Bertz CT molecular complexity index is 1710. The van der Waals surface area contributed by atoms with Gasteiger partial charge in [-0.3, -0.25) is 13.9 Å². The van der Waals surface area contributed by atoms with E-state index in [2.05, 4.69) is 5.32 Å². The standard InChI is InChI=1S/C35H38ClN3O5S/c1-35(2,3)37-34(41)31(23-26-15-7-5-8-16-26)38(24-27-17-11-12-20-29(27)36)33(40)25-39(30-21-13-14-22-32(30)44-4)45(42,43)28-18-9-6-10-19-28/h5-22,31H,23-25H2,1-4H3,(H,37,41)/t31-/m0/s1. The fourth-order valence-electron chi connectivity index (χ4n) is 4.89. The number of hydrogen-bond donors (Lipinski definition) is 1. The van der Waals surface area contributed by atoms with Gasteiger partial charge in [0.1, 0.15) is 18.3 Å². The zero-order valence-electron chi connectivity index (χ0n) is 25.8. The molecule has 0 saturated heterocycles. The van der Waals surface area contributed by atoms with Crippen LogP contribution in [0, 0.1) is 0 Å². The van der Waals surface area contributed by atoms with Crippen LogP contribution in [0.25, 0.3) is 0 Å². The van der Waals surface area contributed by atoms with E-state index in [1.807, 2.05) is 51.1 Å². The molecule has 4 aromatic carbocycles. The molecular formula is C35H38ClN3O5S. The summed E-state index contributed by atoms with van der Waals surface area (Å²) in [6.07, 6.45) is 0.193. The number of hydrogen-bond acceptors (Lipinski definition) is 5. The lowest BCUT2D eigenvalue weighted by molar-refractivity contribution is -0.140. The number of benzene rings is 4. The van der Waals surface area contributed by atoms with Gasteiger partial charge in [-0.25, -0.2) is 8.42 Å². The van der Waals surface area contributed by atoms with E-state index in [9.17, 15) is 18.0 Å². The molecule has 8 nitrogen and oxygen atoms in total. The van der Waals surface area contributed by atoms with Crippen LogP contribution in [-0.2, 0) is 32.6 Å². The monoisotopic (exact) mass is 647 g/mol. The summed E-state index contributed by atoms with van der Waals surface area (Å²) in [5.41, 5.74) is 1.05. The number of amides is 2. The van der Waals surface area contributed by atoms with Crippen LogP contribution in [0.15, 0.2) is 114 Å². The first-order valence-electron chi connectivity index (χ1n) is 14.5.